The molecule has 0 aliphatic carbocycles. The van der Waals surface area contributed by atoms with Crippen molar-refractivity contribution in [2.24, 2.45) is 0 Å². The molecule has 4 rings (SSSR count). The second-order valence-corrected chi connectivity index (χ2v) is 11.2. The van der Waals surface area contributed by atoms with Crippen molar-refractivity contribution in [1.29, 1.82) is 0 Å². The SMILES string of the molecule is CC(C)c1cccc(C(C)C)c1N1CC[N+](c2c(C(C)C)cccc2C(C)C)=C1c1ccccc1. The summed E-state index contributed by atoms with van der Waals surface area (Å²) in [6.07, 6.45) is 0. The van der Waals surface area contributed by atoms with Crippen LogP contribution in [0.5, 0.6) is 0 Å². The van der Waals surface area contributed by atoms with E-state index in [4.69, 9.17) is 0 Å². The number of hydrogen-bond donors (Lipinski definition) is 0. The highest BCUT2D eigenvalue weighted by molar-refractivity contribution is 6.09. The lowest BCUT2D eigenvalue weighted by Gasteiger charge is -2.24. The van der Waals surface area contributed by atoms with Gasteiger partial charge in [0.15, 0.2) is 0 Å². The third kappa shape index (κ3) is 4.81. The van der Waals surface area contributed by atoms with Gasteiger partial charge in [-0.05, 0) is 35.8 Å². The van der Waals surface area contributed by atoms with E-state index in [1.54, 1.807) is 0 Å². The third-order valence-corrected chi connectivity index (χ3v) is 7.32. The fourth-order valence-corrected chi connectivity index (χ4v) is 5.54. The average molecular weight is 468 g/mol. The molecule has 3 aromatic carbocycles. The Morgan fingerprint density at radius 3 is 1.49 bits per heavy atom. The van der Waals surface area contributed by atoms with Crippen molar-refractivity contribution in [2.75, 3.05) is 18.0 Å². The van der Waals surface area contributed by atoms with Crippen molar-refractivity contribution in [3.8, 4) is 0 Å². The minimum Gasteiger partial charge on any atom is -0.222 e. The van der Waals surface area contributed by atoms with E-state index in [2.05, 4.69) is 132 Å². The van der Waals surface area contributed by atoms with Crippen LogP contribution in [0, 0.1) is 0 Å². The molecule has 3 aromatic rings. The van der Waals surface area contributed by atoms with E-state index >= 15 is 0 Å². The summed E-state index contributed by atoms with van der Waals surface area (Å²) < 4.78 is 2.63. The first-order valence-corrected chi connectivity index (χ1v) is 13.4. The molecular weight excluding hydrogens is 424 g/mol. The molecule has 0 bridgehead atoms. The Balaban J connectivity index is 2.08. The van der Waals surface area contributed by atoms with Crippen LogP contribution >= 0.6 is 0 Å². The molecule has 1 heterocycles. The lowest BCUT2D eigenvalue weighted by atomic mass is 9.91. The summed E-state index contributed by atoms with van der Waals surface area (Å²) >= 11 is 0. The van der Waals surface area contributed by atoms with Crippen molar-refractivity contribution in [2.45, 2.75) is 79.1 Å². The van der Waals surface area contributed by atoms with Gasteiger partial charge in [0.25, 0.3) is 5.84 Å². The van der Waals surface area contributed by atoms with E-state index < -0.39 is 0 Å². The normalized spacial score (nSPS) is 14.3. The molecule has 0 spiro atoms. The van der Waals surface area contributed by atoms with E-state index in [1.807, 2.05) is 0 Å². The van der Waals surface area contributed by atoms with Crippen LogP contribution in [-0.2, 0) is 0 Å². The average Bonchev–Trinajstić information content (AvgIpc) is 3.27. The minimum atomic E-state index is 0.462. The van der Waals surface area contributed by atoms with Gasteiger partial charge in [-0.1, -0.05) is 110 Å². The molecule has 1 aliphatic rings. The van der Waals surface area contributed by atoms with Gasteiger partial charge in [-0.2, -0.15) is 0 Å². The summed E-state index contributed by atoms with van der Waals surface area (Å²) in [7, 11) is 0. The number of benzene rings is 3. The maximum atomic E-state index is 2.63. The summed E-state index contributed by atoms with van der Waals surface area (Å²) in [6, 6.07) is 24.8. The molecule has 0 saturated heterocycles. The second kappa shape index (κ2) is 10.4. The molecule has 0 aromatic heterocycles. The highest BCUT2D eigenvalue weighted by Crippen LogP contribution is 2.40. The maximum absolute atomic E-state index is 2.63. The van der Waals surface area contributed by atoms with Crippen molar-refractivity contribution < 1.29 is 4.58 Å². The number of amidine groups is 1. The van der Waals surface area contributed by atoms with Crippen LogP contribution in [0.15, 0.2) is 66.7 Å². The molecule has 0 N–H and O–H groups in total. The minimum absolute atomic E-state index is 0.462. The summed E-state index contributed by atoms with van der Waals surface area (Å²) in [6.45, 7) is 20.6. The fraction of sp³-hybridized carbons (Fsp3) is 0.424. The molecule has 35 heavy (non-hydrogen) atoms. The maximum Gasteiger partial charge on any atom is 0.289 e. The lowest BCUT2D eigenvalue weighted by Crippen LogP contribution is -2.32. The zero-order valence-corrected chi connectivity index (χ0v) is 23.0. The number of para-hydroxylation sites is 2. The molecule has 0 amide bonds. The van der Waals surface area contributed by atoms with E-state index in [0.29, 0.717) is 23.7 Å². The molecule has 184 valence electrons. The topological polar surface area (TPSA) is 6.25 Å². The number of hydrogen-bond acceptors (Lipinski definition) is 1. The van der Waals surface area contributed by atoms with E-state index in [9.17, 15) is 0 Å². The Morgan fingerprint density at radius 2 is 1.03 bits per heavy atom. The number of rotatable bonds is 7. The lowest BCUT2D eigenvalue weighted by molar-refractivity contribution is -0.429. The van der Waals surface area contributed by atoms with Crippen molar-refractivity contribution in [1.82, 2.24) is 0 Å². The van der Waals surface area contributed by atoms with Crippen LogP contribution in [-0.4, -0.2) is 23.5 Å². The van der Waals surface area contributed by atoms with Gasteiger partial charge < -0.3 is 0 Å². The number of nitrogens with zero attached hydrogens (tertiary/aromatic N) is 2. The van der Waals surface area contributed by atoms with Crippen LogP contribution in [0.1, 0.15) is 107 Å². The smallest absolute Gasteiger partial charge is 0.222 e. The highest BCUT2D eigenvalue weighted by atomic mass is 15.3. The predicted molar refractivity (Wildman–Crippen MR) is 152 cm³/mol. The van der Waals surface area contributed by atoms with Gasteiger partial charge in [-0.15, -0.1) is 0 Å². The monoisotopic (exact) mass is 467 g/mol. The van der Waals surface area contributed by atoms with Crippen LogP contribution in [0.2, 0.25) is 0 Å². The highest BCUT2D eigenvalue weighted by Gasteiger charge is 2.39. The van der Waals surface area contributed by atoms with Gasteiger partial charge in [-0.3, -0.25) is 0 Å². The van der Waals surface area contributed by atoms with Gasteiger partial charge in [-0.25, -0.2) is 9.48 Å². The van der Waals surface area contributed by atoms with Gasteiger partial charge >= 0.3 is 0 Å². The Bertz CT molecular complexity index is 1150. The van der Waals surface area contributed by atoms with Crippen LogP contribution in [0.25, 0.3) is 0 Å². The standard InChI is InChI=1S/C33H43N2/c1-22(2)27-16-12-17-28(23(3)4)31(27)34-20-21-35(33(34)26-14-10-9-11-15-26)32-29(24(5)6)18-13-19-30(32)25(7)8/h9-19,22-25H,20-21H2,1-8H3/q+1. The zero-order chi connectivity index (χ0) is 25.3. The molecular formula is C33H43N2+. The van der Waals surface area contributed by atoms with Gasteiger partial charge in [0.2, 0.25) is 0 Å². The predicted octanol–water partition coefficient (Wildman–Crippen LogP) is 8.79. The van der Waals surface area contributed by atoms with Crippen molar-refractivity contribution >= 4 is 17.2 Å². The first kappa shape index (κ1) is 25.2. The Morgan fingerprint density at radius 1 is 0.571 bits per heavy atom. The van der Waals surface area contributed by atoms with Gasteiger partial charge in [0, 0.05) is 22.3 Å². The van der Waals surface area contributed by atoms with Crippen molar-refractivity contribution in [3.63, 3.8) is 0 Å². The van der Waals surface area contributed by atoms with Crippen LogP contribution in [0.3, 0.4) is 0 Å². The third-order valence-electron chi connectivity index (χ3n) is 7.32. The van der Waals surface area contributed by atoms with E-state index in [1.165, 1.54) is 45.0 Å². The molecule has 0 fully saturated rings. The molecule has 1 aliphatic heterocycles. The molecule has 2 nitrogen and oxygen atoms in total. The summed E-state index contributed by atoms with van der Waals surface area (Å²) in [5.74, 6) is 3.16. The zero-order valence-electron chi connectivity index (χ0n) is 23.0. The van der Waals surface area contributed by atoms with Crippen molar-refractivity contribution in [3.05, 3.63) is 94.5 Å². The fourth-order valence-electron chi connectivity index (χ4n) is 5.54. The van der Waals surface area contributed by atoms with E-state index in [-0.39, 0.29) is 0 Å². The van der Waals surface area contributed by atoms with E-state index in [0.717, 1.165) is 13.1 Å². The quantitative estimate of drug-likeness (QED) is 0.315. The van der Waals surface area contributed by atoms with Crippen LogP contribution in [0.4, 0.5) is 11.4 Å². The Kier molecular flexibility index (Phi) is 7.50. The summed E-state index contributed by atoms with van der Waals surface area (Å²) in [4.78, 5) is 2.63. The summed E-state index contributed by atoms with van der Waals surface area (Å²) in [5.41, 5.74) is 9.85. The molecule has 0 atom stereocenters. The first-order valence-electron chi connectivity index (χ1n) is 13.4. The van der Waals surface area contributed by atoms with Crippen LogP contribution < -0.4 is 4.90 Å². The Hall–Kier alpha value is -2.87. The summed E-state index contributed by atoms with van der Waals surface area (Å²) in [5, 5.41) is 0. The molecule has 2 heteroatoms. The first-order chi connectivity index (χ1) is 16.7. The molecule has 0 unspecified atom stereocenters. The molecule has 0 saturated carbocycles. The van der Waals surface area contributed by atoms with Gasteiger partial charge in [0.05, 0.1) is 5.56 Å². The second-order valence-electron chi connectivity index (χ2n) is 11.2. The van der Waals surface area contributed by atoms with Gasteiger partial charge in [0.1, 0.15) is 24.5 Å². The number of anilines is 1. The molecule has 0 radical (unpaired) electrons. The Labute approximate surface area is 213 Å². The largest absolute Gasteiger partial charge is 0.289 e.